The van der Waals surface area contributed by atoms with Gasteiger partial charge in [0, 0.05) is 17.7 Å². The summed E-state index contributed by atoms with van der Waals surface area (Å²) in [6.07, 6.45) is 1.75. The number of anilines is 1. The topological polar surface area (TPSA) is 68.2 Å². The molecule has 0 saturated carbocycles. The normalized spacial score (nSPS) is 11.4. The van der Waals surface area contributed by atoms with E-state index < -0.39 is 9.84 Å². The Morgan fingerprint density at radius 1 is 1.33 bits per heavy atom. The minimum absolute atomic E-state index is 0.0183. The standard InChI is InChI=1S/C14H15BrN2O3S/c1-3-21(19,20)13-7-5-4-6-11(13)16-14(18)12-8-10(15)9-17(12)2/h4-9H,3H2,1-2H3,(H,16,18). The summed E-state index contributed by atoms with van der Waals surface area (Å²) >= 11 is 3.30. The number of carbonyl (C=O) groups excluding carboxylic acids is 1. The van der Waals surface area contributed by atoms with Gasteiger partial charge in [-0.15, -0.1) is 0 Å². The summed E-state index contributed by atoms with van der Waals surface area (Å²) in [6.45, 7) is 1.57. The number of aromatic nitrogens is 1. The van der Waals surface area contributed by atoms with Crippen LogP contribution in [0.1, 0.15) is 17.4 Å². The SMILES string of the molecule is CCS(=O)(=O)c1ccccc1NC(=O)c1cc(Br)cn1C. The molecule has 1 N–H and O–H groups in total. The Labute approximate surface area is 132 Å². The number of nitrogens with zero attached hydrogens (tertiary/aromatic N) is 1. The molecular weight excluding hydrogens is 356 g/mol. The van der Waals surface area contributed by atoms with Crippen LogP contribution in [0.25, 0.3) is 0 Å². The summed E-state index contributed by atoms with van der Waals surface area (Å²) in [6, 6.07) is 8.07. The van der Waals surface area contributed by atoms with Crippen LogP contribution in [-0.4, -0.2) is 24.6 Å². The predicted molar refractivity (Wildman–Crippen MR) is 85.2 cm³/mol. The van der Waals surface area contributed by atoms with Crippen molar-refractivity contribution in [2.24, 2.45) is 7.05 Å². The van der Waals surface area contributed by atoms with E-state index >= 15 is 0 Å². The van der Waals surface area contributed by atoms with Gasteiger partial charge in [0.15, 0.2) is 9.84 Å². The molecule has 1 amide bonds. The summed E-state index contributed by atoms with van der Waals surface area (Å²) in [7, 11) is -1.65. The minimum Gasteiger partial charge on any atom is -0.345 e. The van der Waals surface area contributed by atoms with Gasteiger partial charge in [0.2, 0.25) is 0 Å². The Hall–Kier alpha value is -1.60. The van der Waals surface area contributed by atoms with Gasteiger partial charge in [0.05, 0.1) is 16.3 Å². The highest BCUT2D eigenvalue weighted by Gasteiger charge is 2.19. The number of hydrogen-bond donors (Lipinski definition) is 1. The van der Waals surface area contributed by atoms with Gasteiger partial charge in [-0.2, -0.15) is 0 Å². The van der Waals surface area contributed by atoms with Gasteiger partial charge in [0.25, 0.3) is 5.91 Å². The van der Waals surface area contributed by atoms with Crippen molar-refractivity contribution in [1.29, 1.82) is 0 Å². The van der Waals surface area contributed by atoms with Crippen LogP contribution in [0.3, 0.4) is 0 Å². The Balaban J connectivity index is 2.37. The molecule has 1 aromatic heterocycles. The third-order valence-corrected chi connectivity index (χ3v) is 5.27. The summed E-state index contributed by atoms with van der Waals surface area (Å²) in [5.74, 6) is -0.378. The first kappa shape index (κ1) is 15.8. The van der Waals surface area contributed by atoms with E-state index in [0.717, 1.165) is 4.47 Å². The van der Waals surface area contributed by atoms with Crippen LogP contribution < -0.4 is 5.32 Å². The van der Waals surface area contributed by atoms with Gasteiger partial charge in [-0.3, -0.25) is 4.79 Å². The lowest BCUT2D eigenvalue weighted by Crippen LogP contribution is -2.17. The molecule has 5 nitrogen and oxygen atoms in total. The smallest absolute Gasteiger partial charge is 0.272 e. The number of para-hydroxylation sites is 1. The predicted octanol–water partition coefficient (Wildman–Crippen LogP) is 2.83. The average molecular weight is 371 g/mol. The van der Waals surface area contributed by atoms with Crippen molar-refractivity contribution >= 4 is 37.4 Å². The van der Waals surface area contributed by atoms with E-state index in [1.165, 1.54) is 6.07 Å². The van der Waals surface area contributed by atoms with E-state index in [1.54, 1.807) is 49.0 Å². The fraction of sp³-hybridized carbons (Fsp3) is 0.214. The van der Waals surface area contributed by atoms with Gasteiger partial charge < -0.3 is 9.88 Å². The first-order valence-corrected chi connectivity index (χ1v) is 8.74. The highest BCUT2D eigenvalue weighted by atomic mass is 79.9. The Bertz CT molecular complexity index is 781. The van der Waals surface area contributed by atoms with Gasteiger partial charge in [-0.25, -0.2) is 8.42 Å². The fourth-order valence-electron chi connectivity index (χ4n) is 1.93. The first-order chi connectivity index (χ1) is 9.85. The number of sulfone groups is 1. The maximum atomic E-state index is 12.3. The number of nitrogens with one attached hydrogen (secondary N) is 1. The molecule has 0 fully saturated rings. The van der Waals surface area contributed by atoms with Gasteiger partial charge in [0.1, 0.15) is 5.69 Å². The zero-order valence-corrected chi connectivity index (χ0v) is 14.0. The fourth-order valence-corrected chi connectivity index (χ4v) is 3.51. The number of halogens is 1. The average Bonchev–Trinajstić information content (AvgIpc) is 2.78. The third-order valence-electron chi connectivity index (χ3n) is 3.05. The van der Waals surface area contributed by atoms with E-state index in [-0.39, 0.29) is 16.6 Å². The molecule has 0 saturated heterocycles. The Kier molecular flexibility index (Phi) is 4.53. The molecule has 21 heavy (non-hydrogen) atoms. The van der Waals surface area contributed by atoms with Crippen LogP contribution in [0, 0.1) is 0 Å². The second-order valence-corrected chi connectivity index (χ2v) is 7.67. The number of carbonyl (C=O) groups is 1. The van der Waals surface area contributed by atoms with Crippen molar-refractivity contribution < 1.29 is 13.2 Å². The number of hydrogen-bond acceptors (Lipinski definition) is 3. The van der Waals surface area contributed by atoms with E-state index in [9.17, 15) is 13.2 Å². The van der Waals surface area contributed by atoms with Crippen molar-refractivity contribution in [1.82, 2.24) is 4.57 Å². The second kappa shape index (κ2) is 6.03. The summed E-state index contributed by atoms with van der Waals surface area (Å²) in [5, 5.41) is 2.66. The molecule has 2 rings (SSSR count). The zero-order valence-electron chi connectivity index (χ0n) is 11.6. The Morgan fingerprint density at radius 2 is 2.00 bits per heavy atom. The second-order valence-electron chi connectivity index (χ2n) is 4.51. The third kappa shape index (κ3) is 3.36. The first-order valence-electron chi connectivity index (χ1n) is 6.30. The zero-order chi connectivity index (χ0) is 15.6. The minimum atomic E-state index is -3.39. The van der Waals surface area contributed by atoms with Crippen LogP contribution in [0.15, 0.2) is 45.9 Å². The molecule has 0 bridgehead atoms. The molecular formula is C14H15BrN2O3S. The van der Waals surface area contributed by atoms with Crippen LogP contribution in [0.2, 0.25) is 0 Å². The molecule has 112 valence electrons. The summed E-state index contributed by atoms with van der Waals surface area (Å²) < 4.78 is 26.5. The number of aryl methyl sites for hydroxylation is 1. The van der Waals surface area contributed by atoms with Crippen molar-refractivity contribution in [3.8, 4) is 0 Å². The number of rotatable bonds is 4. The highest BCUT2D eigenvalue weighted by molar-refractivity contribution is 9.10. The van der Waals surface area contributed by atoms with Crippen LogP contribution in [0.4, 0.5) is 5.69 Å². The van der Waals surface area contributed by atoms with Crippen molar-refractivity contribution in [2.45, 2.75) is 11.8 Å². The van der Waals surface area contributed by atoms with E-state index in [4.69, 9.17) is 0 Å². The molecule has 0 spiro atoms. The Morgan fingerprint density at radius 3 is 2.57 bits per heavy atom. The lowest BCUT2D eigenvalue weighted by atomic mass is 10.3. The van der Waals surface area contributed by atoms with E-state index in [1.807, 2.05) is 0 Å². The molecule has 0 atom stereocenters. The molecule has 0 unspecified atom stereocenters. The van der Waals surface area contributed by atoms with Crippen LogP contribution in [-0.2, 0) is 16.9 Å². The molecule has 0 aliphatic rings. The van der Waals surface area contributed by atoms with Gasteiger partial charge in [-0.1, -0.05) is 19.1 Å². The van der Waals surface area contributed by atoms with Crippen molar-refractivity contribution in [2.75, 3.05) is 11.1 Å². The molecule has 7 heteroatoms. The molecule has 0 aliphatic heterocycles. The quantitative estimate of drug-likeness (QED) is 0.899. The highest BCUT2D eigenvalue weighted by Crippen LogP contribution is 2.23. The maximum Gasteiger partial charge on any atom is 0.272 e. The van der Waals surface area contributed by atoms with Crippen LogP contribution in [0.5, 0.6) is 0 Å². The van der Waals surface area contributed by atoms with Crippen molar-refractivity contribution in [3.05, 3.63) is 46.7 Å². The summed E-state index contributed by atoms with van der Waals surface area (Å²) in [4.78, 5) is 12.4. The number of benzene rings is 1. The monoisotopic (exact) mass is 370 g/mol. The molecule has 1 aromatic carbocycles. The summed E-state index contributed by atoms with van der Waals surface area (Å²) in [5.41, 5.74) is 0.729. The van der Waals surface area contributed by atoms with Crippen molar-refractivity contribution in [3.63, 3.8) is 0 Å². The van der Waals surface area contributed by atoms with Gasteiger partial charge >= 0.3 is 0 Å². The molecule has 2 aromatic rings. The maximum absolute atomic E-state index is 12.3. The lowest BCUT2D eigenvalue weighted by Gasteiger charge is -2.11. The van der Waals surface area contributed by atoms with Crippen LogP contribution >= 0.6 is 15.9 Å². The molecule has 0 radical (unpaired) electrons. The number of amides is 1. The molecule has 0 aliphatic carbocycles. The lowest BCUT2D eigenvalue weighted by molar-refractivity contribution is 0.101. The largest absolute Gasteiger partial charge is 0.345 e. The van der Waals surface area contributed by atoms with E-state index in [0.29, 0.717) is 11.4 Å². The van der Waals surface area contributed by atoms with Gasteiger partial charge in [-0.05, 0) is 34.1 Å². The molecule has 1 heterocycles. The van der Waals surface area contributed by atoms with E-state index in [2.05, 4.69) is 21.2 Å².